The monoisotopic (exact) mass is 376 g/mol. The minimum atomic E-state index is -0.836. The number of carboxylic acids is 1. The molecule has 2 fully saturated rings. The Balaban J connectivity index is 1.76. The number of aliphatic carboxylic acids is 1. The van der Waals surface area contributed by atoms with E-state index in [1.807, 2.05) is 28.0 Å². The topological polar surface area (TPSA) is 79.3 Å². The molecule has 1 amide bonds. The Bertz CT molecular complexity index is 693. The zero-order chi connectivity index (χ0) is 19.4. The lowest BCUT2D eigenvalue weighted by atomic mass is 10.0. The van der Waals surface area contributed by atoms with Crippen LogP contribution in [0.15, 0.2) is 18.2 Å². The van der Waals surface area contributed by atoms with E-state index >= 15 is 0 Å². The minimum Gasteiger partial charge on any atom is -0.497 e. The van der Waals surface area contributed by atoms with Crippen LogP contribution in [0.3, 0.4) is 0 Å². The zero-order valence-corrected chi connectivity index (χ0v) is 16.0. The molecule has 1 N–H and O–H groups in total. The first-order valence-electron chi connectivity index (χ1n) is 9.53. The largest absolute Gasteiger partial charge is 0.497 e. The van der Waals surface area contributed by atoms with Crippen LogP contribution in [0.25, 0.3) is 0 Å². The van der Waals surface area contributed by atoms with Gasteiger partial charge in [-0.1, -0.05) is 6.42 Å². The second-order valence-corrected chi connectivity index (χ2v) is 7.17. The first-order valence-corrected chi connectivity index (χ1v) is 9.53. The summed E-state index contributed by atoms with van der Waals surface area (Å²) >= 11 is 0. The molecule has 7 nitrogen and oxygen atoms in total. The summed E-state index contributed by atoms with van der Waals surface area (Å²) in [4.78, 5) is 28.2. The fourth-order valence-electron chi connectivity index (χ4n) is 4.21. The smallest absolute Gasteiger partial charge is 0.320 e. The third-order valence-electron chi connectivity index (χ3n) is 5.61. The van der Waals surface area contributed by atoms with Gasteiger partial charge in [-0.05, 0) is 44.4 Å². The van der Waals surface area contributed by atoms with Gasteiger partial charge in [-0.2, -0.15) is 0 Å². The van der Waals surface area contributed by atoms with Gasteiger partial charge in [-0.3, -0.25) is 14.5 Å². The lowest BCUT2D eigenvalue weighted by molar-refractivity contribution is -0.146. The summed E-state index contributed by atoms with van der Waals surface area (Å²) in [5, 5.41) is 9.44. The second-order valence-electron chi connectivity index (χ2n) is 7.17. The summed E-state index contributed by atoms with van der Waals surface area (Å²) in [5.41, 5.74) is 0.970. The van der Waals surface area contributed by atoms with Crippen LogP contribution in [0.2, 0.25) is 0 Å². The number of carbonyl (C=O) groups excluding carboxylic acids is 1. The van der Waals surface area contributed by atoms with Crippen LogP contribution in [0.4, 0.5) is 0 Å². The average Bonchev–Trinajstić information content (AvgIpc) is 3.17. The van der Waals surface area contributed by atoms with E-state index < -0.39 is 12.0 Å². The van der Waals surface area contributed by atoms with E-state index in [0.717, 1.165) is 31.2 Å². The molecular formula is C20H28N2O5. The molecule has 2 saturated heterocycles. The number of ether oxygens (including phenoxy) is 2. The van der Waals surface area contributed by atoms with Crippen molar-refractivity contribution < 1.29 is 24.2 Å². The lowest BCUT2D eigenvalue weighted by Gasteiger charge is -2.34. The summed E-state index contributed by atoms with van der Waals surface area (Å²) in [6.45, 7) is 1.50. The van der Waals surface area contributed by atoms with Crippen LogP contribution < -0.4 is 9.47 Å². The Hall–Kier alpha value is -2.28. The molecule has 3 rings (SSSR count). The number of carbonyl (C=O) groups is 2. The van der Waals surface area contributed by atoms with Crippen LogP contribution in [-0.2, 0) is 9.59 Å². The van der Waals surface area contributed by atoms with E-state index in [4.69, 9.17) is 9.47 Å². The first kappa shape index (κ1) is 19.5. The van der Waals surface area contributed by atoms with Gasteiger partial charge in [-0.15, -0.1) is 0 Å². The second kappa shape index (κ2) is 8.61. The van der Waals surface area contributed by atoms with Crippen molar-refractivity contribution >= 4 is 11.9 Å². The third-order valence-corrected chi connectivity index (χ3v) is 5.61. The molecule has 0 spiro atoms. The first-order chi connectivity index (χ1) is 13.0. The van der Waals surface area contributed by atoms with E-state index in [-0.39, 0.29) is 18.5 Å². The van der Waals surface area contributed by atoms with Gasteiger partial charge >= 0.3 is 5.97 Å². The van der Waals surface area contributed by atoms with Gasteiger partial charge < -0.3 is 19.5 Å². The Morgan fingerprint density at radius 1 is 1.11 bits per heavy atom. The summed E-state index contributed by atoms with van der Waals surface area (Å²) in [7, 11) is 3.22. The molecule has 27 heavy (non-hydrogen) atoms. The molecule has 7 heteroatoms. The fraction of sp³-hybridized carbons (Fsp3) is 0.600. The summed E-state index contributed by atoms with van der Waals surface area (Å²) in [6, 6.07) is 5.06. The highest BCUT2D eigenvalue weighted by molar-refractivity contribution is 5.81. The Labute approximate surface area is 159 Å². The van der Waals surface area contributed by atoms with Crippen LogP contribution in [-0.4, -0.2) is 66.7 Å². The van der Waals surface area contributed by atoms with Crippen molar-refractivity contribution in [3.8, 4) is 11.5 Å². The van der Waals surface area contributed by atoms with E-state index in [1.165, 1.54) is 0 Å². The average molecular weight is 376 g/mol. The highest BCUT2D eigenvalue weighted by Crippen LogP contribution is 2.38. The van der Waals surface area contributed by atoms with Crippen molar-refractivity contribution in [3.05, 3.63) is 23.8 Å². The van der Waals surface area contributed by atoms with Crippen molar-refractivity contribution in [3.63, 3.8) is 0 Å². The summed E-state index contributed by atoms with van der Waals surface area (Å²) < 4.78 is 10.8. The van der Waals surface area contributed by atoms with Gasteiger partial charge in [-0.25, -0.2) is 0 Å². The van der Waals surface area contributed by atoms with Crippen molar-refractivity contribution in [1.82, 2.24) is 9.80 Å². The molecule has 2 atom stereocenters. The molecule has 0 aliphatic carbocycles. The number of rotatable bonds is 6. The summed E-state index contributed by atoms with van der Waals surface area (Å²) in [5.74, 6) is 0.574. The Morgan fingerprint density at radius 2 is 1.93 bits per heavy atom. The predicted molar refractivity (Wildman–Crippen MR) is 100 cm³/mol. The third kappa shape index (κ3) is 4.18. The molecule has 1 aromatic rings. The number of amides is 1. The van der Waals surface area contributed by atoms with E-state index in [9.17, 15) is 14.7 Å². The van der Waals surface area contributed by atoms with Gasteiger partial charge in [0.25, 0.3) is 0 Å². The van der Waals surface area contributed by atoms with Gasteiger partial charge in [0, 0.05) is 18.2 Å². The molecule has 1 aromatic carbocycles. The molecule has 0 bridgehead atoms. The molecule has 2 aliphatic rings. The zero-order valence-electron chi connectivity index (χ0n) is 16.0. The highest BCUT2D eigenvalue weighted by atomic mass is 16.5. The number of nitrogens with zero attached hydrogens (tertiary/aromatic N) is 2. The van der Waals surface area contributed by atoms with Crippen molar-refractivity contribution in [1.29, 1.82) is 0 Å². The normalized spacial score (nSPS) is 23.3. The van der Waals surface area contributed by atoms with Gasteiger partial charge in [0.05, 0.1) is 26.8 Å². The minimum absolute atomic E-state index is 0.0106. The molecule has 2 unspecified atom stereocenters. The van der Waals surface area contributed by atoms with E-state index in [1.54, 1.807) is 14.2 Å². The molecular weight excluding hydrogens is 348 g/mol. The maximum absolute atomic E-state index is 13.0. The van der Waals surface area contributed by atoms with Gasteiger partial charge in [0.15, 0.2) is 0 Å². The number of methoxy groups -OCH3 is 2. The molecule has 2 heterocycles. The maximum atomic E-state index is 13.0. The van der Waals surface area contributed by atoms with Crippen LogP contribution in [0.1, 0.15) is 43.7 Å². The number of piperidine rings is 1. The SMILES string of the molecule is COc1ccc(C2CCCN2C(=O)CN2CCCCC2C(=O)O)c(OC)c1. The standard InChI is InChI=1S/C20H28N2O5/c1-26-14-8-9-15(18(12-14)27-2)16-7-5-11-22(16)19(23)13-21-10-4-3-6-17(21)20(24)25/h8-9,12,16-17H,3-7,10-11,13H2,1-2H3,(H,24,25). The number of hydrogen-bond donors (Lipinski definition) is 1. The Kier molecular flexibility index (Phi) is 6.21. The molecule has 0 aromatic heterocycles. The number of benzene rings is 1. The fourth-order valence-corrected chi connectivity index (χ4v) is 4.21. The predicted octanol–water partition coefficient (Wildman–Crippen LogP) is 2.31. The molecule has 148 valence electrons. The molecule has 2 aliphatic heterocycles. The van der Waals surface area contributed by atoms with E-state index in [2.05, 4.69) is 0 Å². The van der Waals surface area contributed by atoms with E-state index in [0.29, 0.717) is 31.0 Å². The maximum Gasteiger partial charge on any atom is 0.320 e. The van der Waals surface area contributed by atoms with Gasteiger partial charge in [0.1, 0.15) is 17.5 Å². The quantitative estimate of drug-likeness (QED) is 0.821. The van der Waals surface area contributed by atoms with Crippen LogP contribution in [0.5, 0.6) is 11.5 Å². The number of likely N-dealkylation sites (tertiary alicyclic amines) is 2. The van der Waals surface area contributed by atoms with Crippen LogP contribution in [0, 0.1) is 0 Å². The number of carboxylic acid groups (broad SMARTS) is 1. The molecule has 0 saturated carbocycles. The van der Waals surface area contributed by atoms with Crippen molar-refractivity contribution in [2.24, 2.45) is 0 Å². The molecule has 0 radical (unpaired) electrons. The van der Waals surface area contributed by atoms with Gasteiger partial charge in [0.2, 0.25) is 5.91 Å². The van der Waals surface area contributed by atoms with Crippen molar-refractivity contribution in [2.75, 3.05) is 33.9 Å². The lowest BCUT2D eigenvalue weighted by Crippen LogP contribution is -2.49. The highest BCUT2D eigenvalue weighted by Gasteiger charge is 2.35. The summed E-state index contributed by atoms with van der Waals surface area (Å²) in [6.07, 6.45) is 4.24. The number of hydrogen-bond acceptors (Lipinski definition) is 5. The van der Waals surface area contributed by atoms with Crippen LogP contribution >= 0.6 is 0 Å². The Morgan fingerprint density at radius 3 is 2.63 bits per heavy atom. The van der Waals surface area contributed by atoms with Crippen molar-refractivity contribution in [2.45, 2.75) is 44.2 Å².